The maximum Gasteiger partial charge on any atom is 0.139 e. The molecule has 0 bridgehead atoms. The van der Waals surface area contributed by atoms with Crippen LogP contribution in [0.4, 0.5) is 0 Å². The lowest BCUT2D eigenvalue weighted by Gasteiger charge is -1.97. The van der Waals surface area contributed by atoms with Crippen LogP contribution in [0.3, 0.4) is 0 Å². The number of hydrogen-bond acceptors (Lipinski definition) is 2. The number of hydrogen-bond donors (Lipinski definition) is 0. The van der Waals surface area contributed by atoms with Crippen LogP contribution < -0.4 is 0 Å². The first kappa shape index (κ1) is 10.9. The van der Waals surface area contributed by atoms with E-state index in [9.17, 15) is 0 Å². The van der Waals surface area contributed by atoms with Crippen molar-refractivity contribution in [3.05, 3.63) is 0 Å². The Balaban J connectivity index is 3.37. The molecule has 0 aromatic heterocycles. The molecule has 68 valence electrons. The van der Waals surface area contributed by atoms with E-state index in [1.807, 2.05) is 0 Å². The van der Waals surface area contributed by atoms with Gasteiger partial charge < -0.3 is 0 Å². The van der Waals surface area contributed by atoms with E-state index < -0.39 is 0 Å². The summed E-state index contributed by atoms with van der Waals surface area (Å²) in [6, 6.07) is 0. The van der Waals surface area contributed by atoms with E-state index in [0.29, 0.717) is 5.92 Å². The van der Waals surface area contributed by atoms with Crippen molar-refractivity contribution in [1.82, 2.24) is 0 Å². The third-order valence-corrected chi connectivity index (χ3v) is 1.22. The largest absolute Gasteiger partial charge is 0.273 e. The Bertz CT molecular complexity index is 170. The van der Waals surface area contributed by atoms with Crippen LogP contribution in [0.2, 0.25) is 0 Å². The lowest BCUT2D eigenvalue weighted by atomic mass is 10.1. The fraction of sp³-hybridized carbons (Fsp3) is 0.750. The topological polar surface area (TPSA) is 49.4 Å². The third-order valence-electron chi connectivity index (χ3n) is 1.22. The quantitative estimate of drug-likeness (QED) is 0.343. The van der Waals surface area contributed by atoms with Gasteiger partial charge in [0.25, 0.3) is 0 Å². The molecule has 0 heterocycles. The van der Waals surface area contributed by atoms with Gasteiger partial charge in [-0.1, -0.05) is 13.8 Å². The van der Waals surface area contributed by atoms with Gasteiger partial charge in [-0.25, -0.2) is 4.99 Å². The number of aliphatic imine (C=N–C) groups is 2. The summed E-state index contributed by atoms with van der Waals surface area (Å²) in [5.41, 5.74) is 0. The summed E-state index contributed by atoms with van der Waals surface area (Å²) in [5.74, 6) is 0.696. The Morgan fingerprint density at radius 2 is 2.00 bits per heavy atom. The molecule has 0 spiro atoms. The molecule has 0 aliphatic carbocycles. The molecule has 0 saturated heterocycles. The van der Waals surface area contributed by atoms with Gasteiger partial charge >= 0.3 is 0 Å². The number of rotatable bonds is 5. The van der Waals surface area contributed by atoms with Crippen LogP contribution in [-0.4, -0.2) is 26.3 Å². The van der Waals surface area contributed by atoms with Gasteiger partial charge in [-0.3, -0.25) is 4.99 Å². The summed E-state index contributed by atoms with van der Waals surface area (Å²) >= 11 is 0. The van der Waals surface area contributed by atoms with Crippen LogP contribution in [0, 0.1) is 5.92 Å². The molecule has 12 heavy (non-hydrogen) atoms. The van der Waals surface area contributed by atoms with Crippen molar-refractivity contribution in [2.75, 3.05) is 13.6 Å². The first-order chi connectivity index (χ1) is 5.77. The van der Waals surface area contributed by atoms with Gasteiger partial charge in [0, 0.05) is 13.6 Å². The van der Waals surface area contributed by atoms with Crippen LogP contribution in [0.1, 0.15) is 20.3 Å². The molecule has 0 rings (SSSR count). The van der Waals surface area contributed by atoms with E-state index in [4.69, 9.17) is 0 Å². The lowest BCUT2D eigenvalue weighted by molar-refractivity contribution is 0.597. The van der Waals surface area contributed by atoms with E-state index in [-0.39, 0.29) is 0 Å². The molecule has 4 heteroatoms. The average molecular weight is 168 g/mol. The van der Waals surface area contributed by atoms with E-state index in [0.717, 1.165) is 13.0 Å². The van der Waals surface area contributed by atoms with E-state index in [2.05, 4.69) is 34.1 Å². The summed E-state index contributed by atoms with van der Waals surface area (Å²) in [6.45, 7) is 5.17. The van der Waals surface area contributed by atoms with Gasteiger partial charge in [-0.15, -0.1) is 5.11 Å². The molecule has 0 aromatic rings. The maximum atomic E-state index is 4.06. The van der Waals surface area contributed by atoms with Crippen LogP contribution >= 0.6 is 0 Å². The molecule has 0 amide bonds. The second kappa shape index (κ2) is 8.04. The molecule has 4 nitrogen and oxygen atoms in total. The normalized spacial score (nSPS) is 13.0. The standard InChI is InChI=1S/C8H16N4/c1-8(2)4-5-10-6-11-7-12-9-3/h6-8H,4-5H2,1-3H3/b10-6-,11-7-,12-9-. The van der Waals surface area contributed by atoms with Crippen molar-refractivity contribution in [3.8, 4) is 0 Å². The third kappa shape index (κ3) is 8.94. The molecule has 0 atom stereocenters. The van der Waals surface area contributed by atoms with Gasteiger partial charge in [0.1, 0.15) is 12.7 Å². The molecule has 0 aromatic carbocycles. The van der Waals surface area contributed by atoms with Crippen molar-refractivity contribution in [1.29, 1.82) is 0 Å². The molecular formula is C8H16N4. The summed E-state index contributed by atoms with van der Waals surface area (Å²) in [6.07, 6.45) is 3.98. The van der Waals surface area contributed by atoms with E-state index in [1.165, 1.54) is 12.7 Å². The highest BCUT2D eigenvalue weighted by Crippen LogP contribution is 1.97. The zero-order chi connectivity index (χ0) is 9.23. The minimum atomic E-state index is 0.696. The van der Waals surface area contributed by atoms with Crippen molar-refractivity contribution in [3.63, 3.8) is 0 Å². The average Bonchev–Trinajstić information content (AvgIpc) is 2.02. The van der Waals surface area contributed by atoms with Gasteiger partial charge in [-0.2, -0.15) is 5.11 Å². The van der Waals surface area contributed by atoms with Gasteiger partial charge in [0.05, 0.1) is 0 Å². The predicted octanol–water partition coefficient (Wildman–Crippen LogP) is 2.17. The Morgan fingerprint density at radius 3 is 2.58 bits per heavy atom. The monoisotopic (exact) mass is 168 g/mol. The Morgan fingerprint density at radius 1 is 1.25 bits per heavy atom. The van der Waals surface area contributed by atoms with Gasteiger partial charge in [0.2, 0.25) is 0 Å². The second-order valence-electron chi connectivity index (χ2n) is 2.78. The lowest BCUT2D eigenvalue weighted by Crippen LogP contribution is -1.89. The minimum absolute atomic E-state index is 0.696. The summed E-state index contributed by atoms with van der Waals surface area (Å²) in [7, 11) is 1.60. The van der Waals surface area contributed by atoms with E-state index >= 15 is 0 Å². The highest BCUT2D eigenvalue weighted by atomic mass is 15.1. The van der Waals surface area contributed by atoms with Gasteiger partial charge in [-0.05, 0) is 12.3 Å². The summed E-state index contributed by atoms with van der Waals surface area (Å²) in [5, 5.41) is 7.04. The smallest absolute Gasteiger partial charge is 0.139 e. The molecule has 0 N–H and O–H groups in total. The first-order valence-corrected chi connectivity index (χ1v) is 4.06. The van der Waals surface area contributed by atoms with Crippen molar-refractivity contribution in [2.45, 2.75) is 20.3 Å². The highest BCUT2D eigenvalue weighted by molar-refractivity contribution is 5.70. The highest BCUT2D eigenvalue weighted by Gasteiger charge is 1.88. The zero-order valence-electron chi connectivity index (χ0n) is 7.94. The molecule has 0 radical (unpaired) electrons. The molecule has 0 saturated carbocycles. The Labute approximate surface area is 73.5 Å². The van der Waals surface area contributed by atoms with Crippen LogP contribution in [0.5, 0.6) is 0 Å². The van der Waals surface area contributed by atoms with Crippen LogP contribution in [-0.2, 0) is 0 Å². The molecule has 0 aliphatic rings. The Hall–Kier alpha value is -1.06. The molecule has 0 unspecified atom stereocenters. The maximum absolute atomic E-state index is 4.06. The predicted molar refractivity (Wildman–Crippen MR) is 52.1 cm³/mol. The van der Waals surface area contributed by atoms with Crippen molar-refractivity contribution >= 4 is 12.7 Å². The fourth-order valence-electron chi connectivity index (χ4n) is 0.549. The fourth-order valence-corrected chi connectivity index (χ4v) is 0.549. The second-order valence-corrected chi connectivity index (χ2v) is 2.78. The van der Waals surface area contributed by atoms with Gasteiger partial charge in [0.15, 0.2) is 0 Å². The molecule has 0 fully saturated rings. The Kier molecular flexibility index (Phi) is 7.33. The summed E-state index contributed by atoms with van der Waals surface area (Å²) < 4.78 is 0. The van der Waals surface area contributed by atoms with Crippen molar-refractivity contribution in [2.24, 2.45) is 26.1 Å². The zero-order valence-corrected chi connectivity index (χ0v) is 7.94. The number of nitrogens with zero attached hydrogens (tertiary/aromatic N) is 4. The minimum Gasteiger partial charge on any atom is -0.273 e. The van der Waals surface area contributed by atoms with E-state index in [1.54, 1.807) is 7.05 Å². The SMILES string of the molecule is C\N=N/C=N\C=N/CCC(C)C. The number of azo groups is 1. The molecular weight excluding hydrogens is 152 g/mol. The summed E-state index contributed by atoms with van der Waals surface area (Å²) in [4.78, 5) is 7.84. The molecule has 0 aliphatic heterocycles. The van der Waals surface area contributed by atoms with Crippen molar-refractivity contribution < 1.29 is 0 Å². The van der Waals surface area contributed by atoms with Crippen LogP contribution in [0.15, 0.2) is 20.2 Å². The first-order valence-electron chi connectivity index (χ1n) is 4.06. The van der Waals surface area contributed by atoms with Crippen LogP contribution in [0.25, 0.3) is 0 Å².